The maximum absolute atomic E-state index is 5.35. The largest absolute Gasteiger partial charge is 0.295 e. The van der Waals surface area contributed by atoms with Crippen LogP contribution >= 0.6 is 23.6 Å². The molecule has 0 fully saturated rings. The van der Waals surface area contributed by atoms with Gasteiger partial charge in [0, 0.05) is 22.8 Å². The Bertz CT molecular complexity index is 755. The van der Waals surface area contributed by atoms with E-state index >= 15 is 0 Å². The molecule has 6 heteroatoms. The third kappa shape index (κ3) is 2.44. The molecule has 0 amide bonds. The number of H-pyrrole nitrogens is 1. The van der Waals surface area contributed by atoms with Crippen LogP contribution < -0.4 is 0 Å². The molecular weight excluding hydrogens is 288 g/mol. The minimum atomic E-state index is 0.638. The van der Waals surface area contributed by atoms with Crippen molar-refractivity contribution in [3.05, 3.63) is 51.2 Å². The van der Waals surface area contributed by atoms with E-state index in [1.165, 1.54) is 10.4 Å². The van der Waals surface area contributed by atoms with Crippen molar-refractivity contribution in [3.8, 4) is 11.4 Å². The van der Waals surface area contributed by atoms with Gasteiger partial charge in [-0.05, 0) is 47.8 Å². The zero-order valence-electron chi connectivity index (χ0n) is 11.0. The van der Waals surface area contributed by atoms with Crippen LogP contribution in [0.5, 0.6) is 0 Å². The molecule has 0 spiro atoms. The van der Waals surface area contributed by atoms with Crippen molar-refractivity contribution in [1.82, 2.24) is 19.7 Å². The number of aryl methyl sites for hydroxylation is 1. The molecule has 0 saturated carbocycles. The molecule has 0 saturated heterocycles. The smallest absolute Gasteiger partial charge is 0.195 e. The molecular formula is C14H14N4S2. The van der Waals surface area contributed by atoms with Gasteiger partial charge >= 0.3 is 0 Å². The van der Waals surface area contributed by atoms with Crippen LogP contribution in [0.2, 0.25) is 0 Å². The van der Waals surface area contributed by atoms with Gasteiger partial charge in [-0.3, -0.25) is 14.6 Å². The molecule has 3 heterocycles. The normalized spacial score (nSPS) is 10.8. The zero-order chi connectivity index (χ0) is 13.9. The molecule has 0 aliphatic rings. The molecule has 3 rings (SSSR count). The van der Waals surface area contributed by atoms with E-state index in [4.69, 9.17) is 12.2 Å². The standard InChI is InChI=1S/C14H14N4S2/c1-2-10-5-7-20-12(10)9-18-13(16-17-14(18)19)11-4-3-6-15-8-11/h3-8H,2,9H2,1H3,(H,17,19). The number of rotatable bonds is 4. The van der Waals surface area contributed by atoms with Crippen molar-refractivity contribution >= 4 is 23.6 Å². The van der Waals surface area contributed by atoms with E-state index in [1.54, 1.807) is 23.7 Å². The molecule has 0 radical (unpaired) electrons. The van der Waals surface area contributed by atoms with Crippen LogP contribution in [-0.2, 0) is 13.0 Å². The number of hydrogen-bond acceptors (Lipinski definition) is 4. The van der Waals surface area contributed by atoms with E-state index < -0.39 is 0 Å². The highest BCUT2D eigenvalue weighted by Gasteiger charge is 2.11. The lowest BCUT2D eigenvalue weighted by Crippen LogP contribution is -2.03. The van der Waals surface area contributed by atoms with Crippen molar-refractivity contribution < 1.29 is 0 Å². The van der Waals surface area contributed by atoms with Crippen LogP contribution in [-0.4, -0.2) is 19.7 Å². The maximum atomic E-state index is 5.35. The molecule has 0 aliphatic heterocycles. The zero-order valence-corrected chi connectivity index (χ0v) is 12.7. The van der Waals surface area contributed by atoms with Gasteiger partial charge in [0.15, 0.2) is 10.6 Å². The van der Waals surface area contributed by atoms with Gasteiger partial charge in [-0.15, -0.1) is 11.3 Å². The van der Waals surface area contributed by atoms with Crippen LogP contribution in [0.4, 0.5) is 0 Å². The Balaban J connectivity index is 2.02. The Hall–Kier alpha value is -1.79. The third-order valence-electron chi connectivity index (χ3n) is 3.20. The van der Waals surface area contributed by atoms with Crippen molar-refractivity contribution in [1.29, 1.82) is 0 Å². The van der Waals surface area contributed by atoms with Crippen LogP contribution in [0, 0.1) is 4.77 Å². The summed E-state index contributed by atoms with van der Waals surface area (Å²) < 4.78 is 2.66. The van der Waals surface area contributed by atoms with E-state index in [-0.39, 0.29) is 0 Å². The number of aromatic amines is 1. The first-order valence-electron chi connectivity index (χ1n) is 6.40. The van der Waals surface area contributed by atoms with Crippen LogP contribution in [0.1, 0.15) is 17.4 Å². The molecule has 0 aromatic carbocycles. The predicted octanol–water partition coefficient (Wildman–Crippen LogP) is 3.67. The lowest BCUT2D eigenvalue weighted by atomic mass is 10.2. The highest BCUT2D eigenvalue weighted by molar-refractivity contribution is 7.71. The third-order valence-corrected chi connectivity index (χ3v) is 4.46. The van der Waals surface area contributed by atoms with Gasteiger partial charge in [0.2, 0.25) is 0 Å². The molecule has 0 aliphatic carbocycles. The van der Waals surface area contributed by atoms with Gasteiger partial charge in [0.05, 0.1) is 6.54 Å². The van der Waals surface area contributed by atoms with Crippen LogP contribution in [0.25, 0.3) is 11.4 Å². The number of aromatic nitrogens is 4. The number of pyridine rings is 1. The van der Waals surface area contributed by atoms with E-state index in [0.717, 1.165) is 24.4 Å². The minimum Gasteiger partial charge on any atom is -0.295 e. The average molecular weight is 302 g/mol. The summed E-state index contributed by atoms with van der Waals surface area (Å²) in [6, 6.07) is 6.07. The van der Waals surface area contributed by atoms with Gasteiger partial charge in [-0.2, -0.15) is 5.10 Å². The van der Waals surface area contributed by atoms with Gasteiger partial charge in [0.25, 0.3) is 0 Å². The van der Waals surface area contributed by atoms with E-state index in [1.807, 2.05) is 16.7 Å². The highest BCUT2D eigenvalue weighted by Crippen LogP contribution is 2.22. The SMILES string of the molecule is CCc1ccsc1Cn1c(-c2cccnc2)n[nH]c1=S. The molecule has 0 unspecified atom stereocenters. The first kappa shape index (κ1) is 13.2. The van der Waals surface area contributed by atoms with E-state index in [2.05, 4.69) is 33.6 Å². The average Bonchev–Trinajstić information content (AvgIpc) is 3.08. The Morgan fingerprint density at radius 1 is 1.40 bits per heavy atom. The summed E-state index contributed by atoms with van der Waals surface area (Å²) in [6.07, 6.45) is 4.59. The van der Waals surface area contributed by atoms with Gasteiger partial charge in [-0.1, -0.05) is 6.92 Å². The molecule has 0 atom stereocenters. The summed E-state index contributed by atoms with van der Waals surface area (Å²) in [5.41, 5.74) is 2.34. The highest BCUT2D eigenvalue weighted by atomic mass is 32.1. The van der Waals surface area contributed by atoms with Gasteiger partial charge in [-0.25, -0.2) is 0 Å². The van der Waals surface area contributed by atoms with Crippen molar-refractivity contribution in [2.24, 2.45) is 0 Å². The topological polar surface area (TPSA) is 46.5 Å². The molecule has 1 N–H and O–H groups in total. The summed E-state index contributed by atoms with van der Waals surface area (Å²) in [5.74, 6) is 0.832. The van der Waals surface area contributed by atoms with Crippen molar-refractivity contribution in [3.63, 3.8) is 0 Å². The lowest BCUT2D eigenvalue weighted by Gasteiger charge is -2.07. The van der Waals surface area contributed by atoms with Gasteiger partial charge < -0.3 is 0 Å². The van der Waals surface area contributed by atoms with E-state index in [0.29, 0.717) is 4.77 Å². The second kappa shape index (κ2) is 5.68. The second-order valence-corrected chi connectivity index (χ2v) is 5.79. The molecule has 3 aromatic rings. The molecule has 4 nitrogen and oxygen atoms in total. The fraction of sp³-hybridized carbons (Fsp3) is 0.214. The number of thiophene rings is 1. The number of nitrogens with zero attached hydrogens (tertiary/aromatic N) is 3. The van der Waals surface area contributed by atoms with Crippen LogP contribution in [0.15, 0.2) is 36.0 Å². The Kier molecular flexibility index (Phi) is 3.75. The minimum absolute atomic E-state index is 0.638. The summed E-state index contributed by atoms with van der Waals surface area (Å²) in [4.78, 5) is 5.47. The summed E-state index contributed by atoms with van der Waals surface area (Å²) in [7, 11) is 0. The predicted molar refractivity (Wildman–Crippen MR) is 83.4 cm³/mol. The summed E-state index contributed by atoms with van der Waals surface area (Å²) >= 11 is 7.12. The Labute approximate surface area is 126 Å². The monoisotopic (exact) mass is 302 g/mol. The second-order valence-electron chi connectivity index (χ2n) is 4.40. The lowest BCUT2D eigenvalue weighted by molar-refractivity contribution is 0.794. The van der Waals surface area contributed by atoms with Crippen LogP contribution in [0.3, 0.4) is 0 Å². The number of hydrogen-bond donors (Lipinski definition) is 1. The molecule has 20 heavy (non-hydrogen) atoms. The quantitative estimate of drug-likeness (QED) is 0.748. The summed E-state index contributed by atoms with van der Waals surface area (Å²) in [5, 5.41) is 9.34. The number of nitrogens with one attached hydrogen (secondary N) is 1. The van der Waals surface area contributed by atoms with Crippen molar-refractivity contribution in [2.75, 3.05) is 0 Å². The first-order chi connectivity index (χ1) is 9.79. The Morgan fingerprint density at radius 2 is 2.30 bits per heavy atom. The summed E-state index contributed by atoms with van der Waals surface area (Å²) in [6.45, 7) is 2.92. The Morgan fingerprint density at radius 3 is 3.05 bits per heavy atom. The van der Waals surface area contributed by atoms with Gasteiger partial charge in [0.1, 0.15) is 0 Å². The fourth-order valence-electron chi connectivity index (χ4n) is 2.14. The maximum Gasteiger partial charge on any atom is 0.195 e. The first-order valence-corrected chi connectivity index (χ1v) is 7.69. The van der Waals surface area contributed by atoms with E-state index in [9.17, 15) is 0 Å². The molecule has 0 bridgehead atoms. The van der Waals surface area contributed by atoms with Crippen molar-refractivity contribution in [2.45, 2.75) is 19.9 Å². The molecule has 3 aromatic heterocycles. The fourth-order valence-corrected chi connectivity index (χ4v) is 3.30. The molecule has 102 valence electrons.